The van der Waals surface area contributed by atoms with E-state index in [2.05, 4.69) is 15.3 Å². The number of anilines is 1. The highest BCUT2D eigenvalue weighted by Crippen LogP contribution is 2.38. The molecule has 2 aromatic rings. The Bertz CT molecular complexity index is 1180. The number of methoxy groups -OCH3 is 1. The predicted molar refractivity (Wildman–Crippen MR) is 132 cm³/mol. The van der Waals surface area contributed by atoms with Crippen molar-refractivity contribution in [3.63, 3.8) is 0 Å². The number of Topliss-reactive ketones (excluding diaryl/α,β-unsaturated/α-hetero) is 1. The topological polar surface area (TPSA) is 148 Å². The smallest absolute Gasteiger partial charge is 0.303 e. The second kappa shape index (κ2) is 11.8. The van der Waals surface area contributed by atoms with Gasteiger partial charge in [-0.1, -0.05) is 20.8 Å². The number of fused-ring (bicyclic) bond motifs is 1. The maximum absolute atomic E-state index is 12.9. The van der Waals surface area contributed by atoms with Gasteiger partial charge < -0.3 is 28.8 Å². The van der Waals surface area contributed by atoms with Crippen LogP contribution in [0.25, 0.3) is 11.0 Å². The third-order valence-corrected chi connectivity index (χ3v) is 6.00. The first-order valence-electron chi connectivity index (χ1n) is 12.1. The van der Waals surface area contributed by atoms with E-state index in [-0.39, 0.29) is 41.2 Å². The zero-order valence-electron chi connectivity index (χ0n) is 22.1. The van der Waals surface area contributed by atoms with Gasteiger partial charge in [0, 0.05) is 38.6 Å². The molecular weight excluding hydrogens is 484 g/mol. The standard InChI is InChI=1S/C25H34N4O8/c1-12(2)8-13(3)24(33)28-22-19-17(14(4)30)9-29(23(19)27-11-26-22)25-21(36-16(6)32)20(35-15(5)31)18(37-25)10-34-7/h9,11-13,18,20-21,25H,8,10H2,1-7H3,(H,26,27,28,33)/t13?,18-,20?,21+,25-/m1/s1. The van der Waals surface area contributed by atoms with E-state index in [9.17, 15) is 19.2 Å². The Hall–Kier alpha value is -3.38. The van der Waals surface area contributed by atoms with E-state index in [1.165, 1.54) is 45.0 Å². The number of carbonyl (C=O) groups excluding carboxylic acids is 4. The SMILES string of the molecule is COC[C@H]1O[C@@H](n2cc(C(C)=O)c3c(NC(=O)C(C)CC(C)C)ncnc32)[C@@H](OC(C)=O)C1OC(C)=O. The van der Waals surface area contributed by atoms with Gasteiger partial charge >= 0.3 is 11.9 Å². The monoisotopic (exact) mass is 518 g/mol. The third-order valence-electron chi connectivity index (χ3n) is 6.00. The van der Waals surface area contributed by atoms with Gasteiger partial charge in [0.05, 0.1) is 12.0 Å². The molecule has 5 atom stereocenters. The lowest BCUT2D eigenvalue weighted by atomic mass is 9.98. The van der Waals surface area contributed by atoms with Crippen molar-refractivity contribution in [3.8, 4) is 0 Å². The van der Waals surface area contributed by atoms with Gasteiger partial charge in [-0.15, -0.1) is 0 Å². The van der Waals surface area contributed by atoms with Gasteiger partial charge in [0.2, 0.25) is 5.91 Å². The highest BCUT2D eigenvalue weighted by molar-refractivity contribution is 6.12. The molecule has 1 amide bonds. The summed E-state index contributed by atoms with van der Waals surface area (Å²) in [7, 11) is 1.46. The number of hydrogen-bond acceptors (Lipinski definition) is 10. The number of rotatable bonds is 10. The number of carbonyl (C=O) groups is 4. The second-order valence-corrected chi connectivity index (χ2v) is 9.62. The number of hydrogen-bond donors (Lipinski definition) is 1. The summed E-state index contributed by atoms with van der Waals surface area (Å²) >= 11 is 0. The lowest BCUT2D eigenvalue weighted by Gasteiger charge is -2.24. The molecule has 1 aliphatic heterocycles. The summed E-state index contributed by atoms with van der Waals surface area (Å²) in [6.45, 7) is 9.79. The zero-order chi connectivity index (χ0) is 27.4. The summed E-state index contributed by atoms with van der Waals surface area (Å²) in [5, 5.41) is 3.15. The number of ketones is 1. The molecule has 1 aliphatic rings. The fraction of sp³-hybridized carbons (Fsp3) is 0.600. The first kappa shape index (κ1) is 28.2. The van der Waals surface area contributed by atoms with Gasteiger partial charge in [0.1, 0.15) is 23.9 Å². The van der Waals surface area contributed by atoms with Crippen molar-refractivity contribution in [3.05, 3.63) is 18.1 Å². The minimum Gasteiger partial charge on any atom is -0.456 e. The molecule has 12 nitrogen and oxygen atoms in total. The van der Waals surface area contributed by atoms with Gasteiger partial charge in [-0.3, -0.25) is 19.2 Å². The molecule has 0 aromatic carbocycles. The quantitative estimate of drug-likeness (QED) is 0.367. The molecule has 2 aromatic heterocycles. The van der Waals surface area contributed by atoms with Gasteiger partial charge in [-0.2, -0.15) is 0 Å². The summed E-state index contributed by atoms with van der Waals surface area (Å²) in [6.07, 6.45) is -0.354. The van der Waals surface area contributed by atoms with Crippen LogP contribution in [-0.2, 0) is 33.3 Å². The highest BCUT2D eigenvalue weighted by Gasteiger charge is 2.50. The van der Waals surface area contributed by atoms with Crippen LogP contribution in [0.2, 0.25) is 0 Å². The summed E-state index contributed by atoms with van der Waals surface area (Å²) in [6, 6.07) is 0. The molecule has 3 rings (SSSR count). The highest BCUT2D eigenvalue weighted by atomic mass is 16.7. The second-order valence-electron chi connectivity index (χ2n) is 9.62. The number of nitrogens with one attached hydrogen (secondary N) is 1. The van der Waals surface area contributed by atoms with E-state index in [4.69, 9.17) is 18.9 Å². The van der Waals surface area contributed by atoms with Crippen LogP contribution in [0.1, 0.15) is 64.5 Å². The summed E-state index contributed by atoms with van der Waals surface area (Å²) in [5.74, 6) is -1.50. The Labute approximate surface area is 215 Å². The van der Waals surface area contributed by atoms with E-state index < -0.39 is 36.5 Å². The lowest BCUT2D eigenvalue weighted by Crippen LogP contribution is -2.40. The molecule has 3 heterocycles. The minimum atomic E-state index is -1.06. The molecule has 0 saturated carbocycles. The number of aromatic nitrogens is 3. The Kier molecular flexibility index (Phi) is 8.98. The fourth-order valence-corrected chi connectivity index (χ4v) is 4.58. The zero-order valence-corrected chi connectivity index (χ0v) is 22.1. The van der Waals surface area contributed by atoms with Crippen LogP contribution in [0.3, 0.4) is 0 Å². The number of esters is 2. The predicted octanol–water partition coefficient (Wildman–Crippen LogP) is 2.66. The van der Waals surface area contributed by atoms with Crippen molar-refractivity contribution in [2.45, 2.75) is 72.5 Å². The summed E-state index contributed by atoms with van der Waals surface area (Å²) in [4.78, 5) is 57.9. The number of ether oxygens (including phenoxy) is 4. The van der Waals surface area contributed by atoms with Crippen LogP contribution in [0.5, 0.6) is 0 Å². The van der Waals surface area contributed by atoms with Crippen molar-refractivity contribution in [1.82, 2.24) is 14.5 Å². The molecule has 37 heavy (non-hydrogen) atoms. The van der Waals surface area contributed by atoms with Crippen LogP contribution in [0.15, 0.2) is 12.5 Å². The van der Waals surface area contributed by atoms with Crippen molar-refractivity contribution in [1.29, 1.82) is 0 Å². The van der Waals surface area contributed by atoms with Gasteiger partial charge in [0.25, 0.3) is 0 Å². The van der Waals surface area contributed by atoms with Crippen LogP contribution < -0.4 is 5.32 Å². The Morgan fingerprint density at radius 1 is 1.05 bits per heavy atom. The van der Waals surface area contributed by atoms with Crippen LogP contribution in [0.4, 0.5) is 5.82 Å². The van der Waals surface area contributed by atoms with E-state index in [0.717, 1.165) is 0 Å². The van der Waals surface area contributed by atoms with Crippen LogP contribution in [-0.4, -0.2) is 70.2 Å². The molecule has 0 aliphatic carbocycles. The molecule has 12 heteroatoms. The Morgan fingerprint density at radius 2 is 1.70 bits per heavy atom. The number of amides is 1. The average Bonchev–Trinajstić information content (AvgIpc) is 3.33. The fourth-order valence-electron chi connectivity index (χ4n) is 4.58. The molecule has 0 spiro atoms. The first-order valence-corrected chi connectivity index (χ1v) is 12.1. The summed E-state index contributed by atoms with van der Waals surface area (Å²) in [5.41, 5.74) is 0.514. The minimum absolute atomic E-state index is 0.0506. The maximum atomic E-state index is 12.9. The van der Waals surface area contributed by atoms with Crippen molar-refractivity contribution in [2.24, 2.45) is 11.8 Å². The molecular formula is C25H34N4O8. The van der Waals surface area contributed by atoms with Crippen LogP contribution in [0, 0.1) is 11.8 Å². The van der Waals surface area contributed by atoms with Gasteiger partial charge in [-0.05, 0) is 19.3 Å². The van der Waals surface area contributed by atoms with E-state index in [1.807, 2.05) is 20.8 Å². The van der Waals surface area contributed by atoms with E-state index >= 15 is 0 Å². The third kappa shape index (κ3) is 6.31. The Morgan fingerprint density at radius 3 is 2.27 bits per heavy atom. The lowest BCUT2D eigenvalue weighted by molar-refractivity contribution is -0.165. The molecule has 0 bridgehead atoms. The molecule has 1 fully saturated rings. The van der Waals surface area contributed by atoms with Crippen LogP contribution >= 0.6 is 0 Å². The van der Waals surface area contributed by atoms with Crippen molar-refractivity contribution in [2.75, 3.05) is 19.0 Å². The van der Waals surface area contributed by atoms with Crippen molar-refractivity contribution < 1.29 is 38.1 Å². The average molecular weight is 519 g/mol. The van der Waals surface area contributed by atoms with Gasteiger partial charge in [-0.25, -0.2) is 9.97 Å². The maximum Gasteiger partial charge on any atom is 0.303 e. The molecule has 1 saturated heterocycles. The Balaban J connectivity index is 2.11. The largest absolute Gasteiger partial charge is 0.456 e. The number of nitrogens with zero attached hydrogens (tertiary/aromatic N) is 3. The van der Waals surface area contributed by atoms with E-state index in [0.29, 0.717) is 17.7 Å². The molecule has 202 valence electrons. The normalized spacial score (nSPS) is 22.2. The summed E-state index contributed by atoms with van der Waals surface area (Å²) < 4.78 is 23.9. The van der Waals surface area contributed by atoms with Crippen molar-refractivity contribution >= 4 is 40.5 Å². The van der Waals surface area contributed by atoms with Gasteiger partial charge in [0.15, 0.2) is 24.2 Å². The molecule has 2 unspecified atom stereocenters. The molecule has 0 radical (unpaired) electrons. The molecule has 1 N–H and O–H groups in total. The van der Waals surface area contributed by atoms with E-state index in [1.54, 1.807) is 0 Å². The first-order chi connectivity index (χ1) is 17.4.